The number of amides is 1. The monoisotopic (exact) mass is 283 g/mol. The second-order valence-electron chi connectivity index (χ2n) is 5.50. The third-order valence-electron chi connectivity index (χ3n) is 3.62. The average Bonchev–Trinajstić information content (AvgIpc) is 2.43. The standard InChI is InChI=1S/C16H29NO3/c1-5-8-9-10-12-16(4,11-6-2)14(18)13-20-17-15(19)7-3/h7H,3,5-6,8-13H2,1-2,4H3,(H,17,19). The zero-order valence-corrected chi connectivity index (χ0v) is 13.2. The van der Waals surface area contributed by atoms with Gasteiger partial charge in [0.05, 0.1) is 0 Å². The van der Waals surface area contributed by atoms with E-state index in [4.69, 9.17) is 4.84 Å². The van der Waals surface area contributed by atoms with Crippen LogP contribution in [0.5, 0.6) is 0 Å². The van der Waals surface area contributed by atoms with Crippen LogP contribution in [0.25, 0.3) is 0 Å². The van der Waals surface area contributed by atoms with Gasteiger partial charge in [0, 0.05) is 5.41 Å². The summed E-state index contributed by atoms with van der Waals surface area (Å²) in [7, 11) is 0. The first-order valence-corrected chi connectivity index (χ1v) is 7.57. The van der Waals surface area contributed by atoms with Gasteiger partial charge in [-0.25, -0.2) is 5.48 Å². The smallest absolute Gasteiger partial charge is 0.266 e. The molecule has 116 valence electrons. The highest BCUT2D eigenvalue weighted by Crippen LogP contribution is 2.31. The number of hydrogen-bond donors (Lipinski definition) is 1. The van der Waals surface area contributed by atoms with E-state index in [1.54, 1.807) is 0 Å². The SMILES string of the molecule is C=CC(=O)NOCC(=O)C(C)(CCC)CCCCCC. The first-order valence-electron chi connectivity index (χ1n) is 7.57. The number of nitrogens with one attached hydrogen (secondary N) is 1. The molecular weight excluding hydrogens is 254 g/mol. The number of hydroxylamine groups is 1. The number of ketones is 1. The highest BCUT2D eigenvalue weighted by atomic mass is 16.7. The highest BCUT2D eigenvalue weighted by Gasteiger charge is 2.31. The molecule has 0 saturated heterocycles. The van der Waals surface area contributed by atoms with Crippen molar-refractivity contribution in [1.29, 1.82) is 0 Å². The van der Waals surface area contributed by atoms with Gasteiger partial charge in [0.1, 0.15) is 6.61 Å². The van der Waals surface area contributed by atoms with Gasteiger partial charge in [0.2, 0.25) is 0 Å². The lowest BCUT2D eigenvalue weighted by atomic mass is 9.77. The van der Waals surface area contributed by atoms with Crippen LogP contribution >= 0.6 is 0 Å². The minimum absolute atomic E-state index is 0.0558. The lowest BCUT2D eigenvalue weighted by molar-refractivity contribution is -0.141. The van der Waals surface area contributed by atoms with Gasteiger partial charge < -0.3 is 0 Å². The van der Waals surface area contributed by atoms with E-state index in [1.807, 2.05) is 6.92 Å². The molecule has 0 radical (unpaired) electrons. The molecule has 1 amide bonds. The first-order chi connectivity index (χ1) is 9.50. The van der Waals surface area contributed by atoms with Gasteiger partial charge in [-0.15, -0.1) is 0 Å². The molecule has 0 aliphatic carbocycles. The quantitative estimate of drug-likeness (QED) is 0.338. The van der Waals surface area contributed by atoms with Crippen molar-refractivity contribution in [1.82, 2.24) is 5.48 Å². The maximum atomic E-state index is 12.3. The molecule has 1 N–H and O–H groups in total. The lowest BCUT2D eigenvalue weighted by Gasteiger charge is -2.27. The predicted octanol–water partition coefficient (Wildman–Crippen LogP) is 3.57. The fraction of sp³-hybridized carbons (Fsp3) is 0.750. The zero-order valence-electron chi connectivity index (χ0n) is 13.2. The summed E-state index contributed by atoms with van der Waals surface area (Å²) in [5.74, 6) is -0.377. The van der Waals surface area contributed by atoms with Crippen LogP contribution in [0.3, 0.4) is 0 Å². The molecule has 1 atom stereocenters. The fourth-order valence-corrected chi connectivity index (χ4v) is 2.29. The van der Waals surface area contributed by atoms with E-state index in [-0.39, 0.29) is 17.8 Å². The second-order valence-corrected chi connectivity index (χ2v) is 5.50. The predicted molar refractivity (Wildman–Crippen MR) is 81.1 cm³/mol. The summed E-state index contributed by atoms with van der Waals surface area (Å²) in [5.41, 5.74) is 1.83. The summed E-state index contributed by atoms with van der Waals surface area (Å²) < 4.78 is 0. The average molecular weight is 283 g/mol. The lowest BCUT2D eigenvalue weighted by Crippen LogP contribution is -2.34. The van der Waals surface area contributed by atoms with E-state index >= 15 is 0 Å². The van der Waals surface area contributed by atoms with Crippen molar-refractivity contribution >= 4 is 11.7 Å². The van der Waals surface area contributed by atoms with Crippen LogP contribution in [-0.2, 0) is 14.4 Å². The largest absolute Gasteiger partial charge is 0.296 e. The van der Waals surface area contributed by atoms with Crippen LogP contribution in [0.1, 0.15) is 65.7 Å². The molecule has 4 heteroatoms. The van der Waals surface area contributed by atoms with Crippen LogP contribution in [0.15, 0.2) is 12.7 Å². The van der Waals surface area contributed by atoms with Gasteiger partial charge >= 0.3 is 0 Å². The molecule has 0 heterocycles. The number of carbonyl (C=O) groups excluding carboxylic acids is 2. The summed E-state index contributed by atoms with van der Waals surface area (Å²) in [6, 6.07) is 0. The molecule has 20 heavy (non-hydrogen) atoms. The molecule has 0 fully saturated rings. The van der Waals surface area contributed by atoms with Crippen molar-refractivity contribution < 1.29 is 14.4 Å². The van der Waals surface area contributed by atoms with E-state index in [2.05, 4.69) is 25.9 Å². The maximum Gasteiger partial charge on any atom is 0.266 e. The molecule has 0 aromatic rings. The van der Waals surface area contributed by atoms with Crippen LogP contribution in [0, 0.1) is 5.41 Å². The van der Waals surface area contributed by atoms with Crippen LogP contribution < -0.4 is 5.48 Å². The van der Waals surface area contributed by atoms with Crippen molar-refractivity contribution in [2.24, 2.45) is 5.41 Å². The Balaban J connectivity index is 4.27. The van der Waals surface area contributed by atoms with Gasteiger partial charge in [-0.1, -0.05) is 59.5 Å². The molecule has 0 rings (SSSR count). The van der Waals surface area contributed by atoms with E-state index in [0.717, 1.165) is 38.2 Å². The topological polar surface area (TPSA) is 55.4 Å². The normalized spacial score (nSPS) is 13.6. The zero-order chi connectivity index (χ0) is 15.4. The molecule has 0 aromatic carbocycles. The molecule has 0 aliphatic rings. The molecule has 4 nitrogen and oxygen atoms in total. The Kier molecular flexibility index (Phi) is 9.99. The van der Waals surface area contributed by atoms with E-state index < -0.39 is 5.91 Å². The van der Waals surface area contributed by atoms with E-state index in [0.29, 0.717) is 0 Å². The van der Waals surface area contributed by atoms with Crippen molar-refractivity contribution in [3.8, 4) is 0 Å². The fourth-order valence-electron chi connectivity index (χ4n) is 2.29. The summed E-state index contributed by atoms with van der Waals surface area (Å²) in [5, 5.41) is 0. The van der Waals surface area contributed by atoms with Gasteiger partial charge in [-0.05, 0) is 18.9 Å². The van der Waals surface area contributed by atoms with Crippen molar-refractivity contribution in [2.45, 2.75) is 65.7 Å². The van der Waals surface area contributed by atoms with Crippen molar-refractivity contribution in [3.63, 3.8) is 0 Å². The first kappa shape index (κ1) is 18.8. The molecule has 1 unspecified atom stereocenters. The summed E-state index contributed by atoms with van der Waals surface area (Å²) in [6.07, 6.45) is 8.45. The number of unbranched alkanes of at least 4 members (excludes halogenated alkanes) is 3. The van der Waals surface area contributed by atoms with Crippen molar-refractivity contribution in [3.05, 3.63) is 12.7 Å². The van der Waals surface area contributed by atoms with Gasteiger partial charge in [-0.3, -0.25) is 14.4 Å². The number of rotatable bonds is 12. The number of carbonyl (C=O) groups is 2. The van der Waals surface area contributed by atoms with Crippen molar-refractivity contribution in [2.75, 3.05) is 6.61 Å². The minimum Gasteiger partial charge on any atom is -0.296 e. The van der Waals surface area contributed by atoms with Gasteiger partial charge in [-0.2, -0.15) is 0 Å². The third kappa shape index (κ3) is 7.43. The minimum atomic E-state index is -0.432. The van der Waals surface area contributed by atoms with Gasteiger partial charge in [0.25, 0.3) is 5.91 Å². The Labute approximate surface area is 122 Å². The third-order valence-corrected chi connectivity index (χ3v) is 3.62. The molecule has 0 aliphatic heterocycles. The summed E-state index contributed by atoms with van der Waals surface area (Å²) >= 11 is 0. The Bertz CT molecular complexity index is 315. The molecule has 0 aromatic heterocycles. The highest BCUT2D eigenvalue weighted by molar-refractivity contribution is 5.87. The Hall–Kier alpha value is -1.16. The Morgan fingerprint density at radius 3 is 2.40 bits per heavy atom. The van der Waals surface area contributed by atoms with Crippen LogP contribution in [-0.4, -0.2) is 18.3 Å². The van der Waals surface area contributed by atoms with E-state index in [9.17, 15) is 9.59 Å². The summed E-state index contributed by atoms with van der Waals surface area (Å²) in [4.78, 5) is 28.2. The number of hydrogen-bond acceptors (Lipinski definition) is 3. The second kappa shape index (κ2) is 10.6. The number of Topliss-reactive ketones (excluding diaryl/α,β-unsaturated/α-hetero) is 1. The van der Waals surface area contributed by atoms with Crippen LogP contribution in [0.2, 0.25) is 0 Å². The maximum absolute atomic E-state index is 12.3. The van der Waals surface area contributed by atoms with E-state index in [1.165, 1.54) is 12.8 Å². The summed E-state index contributed by atoms with van der Waals surface area (Å²) in [6.45, 7) is 9.50. The van der Waals surface area contributed by atoms with Crippen LogP contribution in [0.4, 0.5) is 0 Å². The Morgan fingerprint density at radius 1 is 1.15 bits per heavy atom. The Morgan fingerprint density at radius 2 is 1.85 bits per heavy atom. The molecular formula is C16H29NO3. The van der Waals surface area contributed by atoms with Gasteiger partial charge in [0.15, 0.2) is 5.78 Å². The molecule has 0 bridgehead atoms. The molecule has 0 spiro atoms. The molecule has 0 saturated carbocycles.